The molecule has 0 amide bonds. The Morgan fingerprint density at radius 1 is 1.38 bits per heavy atom. The minimum absolute atomic E-state index is 0.103. The minimum Gasteiger partial charge on any atom is -0.358 e. The maximum Gasteiger partial charge on any atom is 0.187 e. The van der Waals surface area contributed by atoms with Crippen LogP contribution in [0.4, 0.5) is 0 Å². The van der Waals surface area contributed by atoms with Gasteiger partial charge in [0.15, 0.2) is 14.9 Å². The molecule has 0 aliphatic carbocycles. The van der Waals surface area contributed by atoms with E-state index >= 15 is 0 Å². The number of nitrogens with zero attached hydrogens (tertiary/aromatic N) is 1. The van der Waals surface area contributed by atoms with Crippen LogP contribution in [-0.4, -0.2) is 37.3 Å². The molecule has 1 aliphatic heterocycles. The third-order valence-corrected chi connectivity index (χ3v) is 5.61. The smallest absolute Gasteiger partial charge is 0.187 e. The fraction of sp³-hybridized carbons (Fsp3) is 0.333. The summed E-state index contributed by atoms with van der Waals surface area (Å²) in [6.07, 6.45) is 2.10. The van der Waals surface area contributed by atoms with Gasteiger partial charge in [-0.2, -0.15) is 5.10 Å². The lowest BCUT2D eigenvalue weighted by Gasteiger charge is -2.12. The van der Waals surface area contributed by atoms with Crippen LogP contribution < -0.4 is 10.7 Å². The molecule has 1 aliphatic rings. The molecule has 1 aromatic rings. The predicted octanol–water partition coefficient (Wildman–Crippen LogP) is 1.98. The monoisotopic (exact) mass is 365 g/mol. The molecule has 2 N–H and O–H groups in total. The molecule has 1 fully saturated rings. The zero-order chi connectivity index (χ0) is 15.5. The summed E-state index contributed by atoms with van der Waals surface area (Å²) in [5.74, 6) is 0.297. The molecule has 0 radical (unpaired) electrons. The van der Waals surface area contributed by atoms with E-state index in [4.69, 9.17) is 35.4 Å². The largest absolute Gasteiger partial charge is 0.358 e. The van der Waals surface area contributed by atoms with Crippen molar-refractivity contribution < 1.29 is 8.42 Å². The maximum atomic E-state index is 11.3. The van der Waals surface area contributed by atoms with E-state index in [0.29, 0.717) is 16.5 Å². The minimum atomic E-state index is -2.93. The van der Waals surface area contributed by atoms with Crippen molar-refractivity contribution in [1.82, 2.24) is 10.7 Å². The first-order chi connectivity index (χ1) is 9.85. The van der Waals surface area contributed by atoms with Crippen LogP contribution >= 0.6 is 35.4 Å². The molecule has 0 aromatic heterocycles. The summed E-state index contributed by atoms with van der Waals surface area (Å²) in [6.45, 7) is 0. The molecular weight excluding hydrogens is 353 g/mol. The van der Waals surface area contributed by atoms with Gasteiger partial charge in [0.25, 0.3) is 0 Å². The van der Waals surface area contributed by atoms with E-state index in [-0.39, 0.29) is 22.7 Å². The van der Waals surface area contributed by atoms with E-state index in [1.807, 2.05) is 0 Å². The molecule has 1 saturated heterocycles. The summed E-state index contributed by atoms with van der Waals surface area (Å²) in [4.78, 5) is 0. The van der Waals surface area contributed by atoms with Gasteiger partial charge in [0.2, 0.25) is 0 Å². The number of halogens is 2. The first-order valence-electron chi connectivity index (χ1n) is 6.11. The van der Waals surface area contributed by atoms with Crippen molar-refractivity contribution in [3.8, 4) is 0 Å². The highest BCUT2D eigenvalue weighted by atomic mass is 35.5. The maximum absolute atomic E-state index is 11.3. The lowest BCUT2D eigenvalue weighted by molar-refractivity contribution is 0.600. The first kappa shape index (κ1) is 16.5. The van der Waals surface area contributed by atoms with Crippen LogP contribution in [-0.2, 0) is 9.84 Å². The van der Waals surface area contributed by atoms with E-state index < -0.39 is 9.84 Å². The molecule has 114 valence electrons. The molecule has 21 heavy (non-hydrogen) atoms. The molecule has 0 saturated carbocycles. The van der Waals surface area contributed by atoms with Crippen LogP contribution in [0.3, 0.4) is 0 Å². The summed E-state index contributed by atoms with van der Waals surface area (Å²) in [6, 6.07) is 4.95. The number of thiocarbonyl (C=S) groups is 1. The van der Waals surface area contributed by atoms with Gasteiger partial charge in [-0.3, -0.25) is 5.43 Å². The summed E-state index contributed by atoms with van der Waals surface area (Å²) >= 11 is 16.7. The quantitative estimate of drug-likeness (QED) is 0.486. The number of sulfone groups is 1. The van der Waals surface area contributed by atoms with Crippen LogP contribution in [0, 0.1) is 0 Å². The Labute approximate surface area is 138 Å². The van der Waals surface area contributed by atoms with Gasteiger partial charge in [-0.05, 0) is 36.3 Å². The van der Waals surface area contributed by atoms with E-state index in [0.717, 1.165) is 5.56 Å². The van der Waals surface area contributed by atoms with Crippen molar-refractivity contribution in [3.05, 3.63) is 33.8 Å². The average molecular weight is 366 g/mol. The highest BCUT2D eigenvalue weighted by Gasteiger charge is 2.28. The summed E-state index contributed by atoms with van der Waals surface area (Å²) < 4.78 is 22.6. The number of benzene rings is 1. The standard InChI is InChI=1S/C12H13Cl2N3O2S2/c13-10-2-1-8(5-11(10)14)6-15-17-12(20)16-9-3-4-21(18,19)7-9/h1-2,5-6,9H,3-4,7H2,(H2,16,17,20). The van der Waals surface area contributed by atoms with Crippen LogP contribution in [0.5, 0.6) is 0 Å². The normalized spacial score (nSPS) is 20.6. The number of nitrogens with one attached hydrogen (secondary N) is 2. The Balaban J connectivity index is 1.83. The fourth-order valence-corrected chi connectivity index (χ4v) is 4.08. The van der Waals surface area contributed by atoms with Gasteiger partial charge in [-0.15, -0.1) is 0 Å². The van der Waals surface area contributed by atoms with E-state index in [1.54, 1.807) is 24.4 Å². The molecule has 1 aromatic carbocycles. The van der Waals surface area contributed by atoms with Crippen molar-refractivity contribution >= 4 is 56.6 Å². The number of rotatable bonds is 3. The molecule has 1 heterocycles. The van der Waals surface area contributed by atoms with Crippen molar-refractivity contribution in [3.63, 3.8) is 0 Å². The molecule has 0 spiro atoms. The lowest BCUT2D eigenvalue weighted by atomic mass is 10.2. The molecule has 5 nitrogen and oxygen atoms in total. The summed E-state index contributed by atoms with van der Waals surface area (Å²) in [7, 11) is -2.93. The van der Waals surface area contributed by atoms with Crippen LogP contribution in [0.25, 0.3) is 0 Å². The van der Waals surface area contributed by atoms with E-state index in [1.165, 1.54) is 0 Å². The second kappa shape index (κ2) is 6.91. The number of hydrogen-bond acceptors (Lipinski definition) is 4. The van der Waals surface area contributed by atoms with Gasteiger partial charge >= 0.3 is 0 Å². The Hall–Kier alpha value is -0.890. The number of hydrazone groups is 1. The molecule has 0 bridgehead atoms. The van der Waals surface area contributed by atoms with E-state index in [9.17, 15) is 8.42 Å². The van der Waals surface area contributed by atoms with Gasteiger partial charge in [0.1, 0.15) is 0 Å². The van der Waals surface area contributed by atoms with Gasteiger partial charge in [-0.1, -0.05) is 29.3 Å². The molecule has 2 rings (SSSR count). The SMILES string of the molecule is O=S1(=O)CCC(NC(=S)NN=Cc2ccc(Cl)c(Cl)c2)C1. The highest BCUT2D eigenvalue weighted by molar-refractivity contribution is 7.91. The zero-order valence-corrected chi connectivity index (χ0v) is 14.0. The molecule has 1 atom stereocenters. The molecular formula is C12H13Cl2N3O2S2. The van der Waals surface area contributed by atoms with Crippen molar-refractivity contribution in [2.45, 2.75) is 12.5 Å². The Bertz CT molecular complexity index is 677. The first-order valence-corrected chi connectivity index (χ1v) is 9.09. The fourth-order valence-electron chi connectivity index (χ4n) is 1.88. The third kappa shape index (κ3) is 5.10. The Morgan fingerprint density at radius 3 is 2.76 bits per heavy atom. The second-order valence-electron chi connectivity index (χ2n) is 4.62. The molecule has 1 unspecified atom stereocenters. The van der Waals surface area contributed by atoms with Crippen molar-refractivity contribution in [1.29, 1.82) is 0 Å². The van der Waals surface area contributed by atoms with Crippen LogP contribution in [0.15, 0.2) is 23.3 Å². The zero-order valence-electron chi connectivity index (χ0n) is 10.8. The van der Waals surface area contributed by atoms with Crippen molar-refractivity contribution in [2.75, 3.05) is 11.5 Å². The molecule has 9 heteroatoms. The Morgan fingerprint density at radius 2 is 2.14 bits per heavy atom. The lowest BCUT2D eigenvalue weighted by Crippen LogP contribution is -2.40. The second-order valence-corrected chi connectivity index (χ2v) is 8.07. The highest BCUT2D eigenvalue weighted by Crippen LogP contribution is 2.21. The Kier molecular flexibility index (Phi) is 5.43. The van der Waals surface area contributed by atoms with Gasteiger partial charge in [0.05, 0.1) is 27.8 Å². The van der Waals surface area contributed by atoms with Gasteiger partial charge < -0.3 is 5.32 Å². The number of hydrogen-bond donors (Lipinski definition) is 2. The van der Waals surface area contributed by atoms with E-state index in [2.05, 4.69) is 15.8 Å². The topological polar surface area (TPSA) is 70.6 Å². The van der Waals surface area contributed by atoms with Crippen LogP contribution in [0.1, 0.15) is 12.0 Å². The van der Waals surface area contributed by atoms with Crippen molar-refractivity contribution in [2.24, 2.45) is 5.10 Å². The van der Waals surface area contributed by atoms with Gasteiger partial charge in [0, 0.05) is 6.04 Å². The van der Waals surface area contributed by atoms with Gasteiger partial charge in [-0.25, -0.2) is 8.42 Å². The van der Waals surface area contributed by atoms with Crippen LogP contribution in [0.2, 0.25) is 10.0 Å². The third-order valence-electron chi connectivity index (χ3n) is 2.89. The summed E-state index contributed by atoms with van der Waals surface area (Å²) in [5, 5.41) is 8.08. The predicted molar refractivity (Wildman–Crippen MR) is 90.0 cm³/mol. The summed E-state index contributed by atoms with van der Waals surface area (Å²) in [5.41, 5.74) is 3.41. The average Bonchev–Trinajstić information content (AvgIpc) is 2.73.